The Morgan fingerprint density at radius 2 is 2.00 bits per heavy atom. The van der Waals surface area contributed by atoms with Crippen molar-refractivity contribution in [2.45, 2.75) is 27.2 Å². The van der Waals surface area contributed by atoms with Crippen LogP contribution in [0.5, 0.6) is 0 Å². The Hall–Kier alpha value is -1.18. The number of nitrogens with zero attached hydrogens (tertiary/aromatic N) is 1. The molecule has 88 valence electrons. The fourth-order valence-electron chi connectivity index (χ4n) is 2.45. The SMILES string of the molecule is Cc1ccc(N)cc1N1CCC(C)C(C)C1. The Balaban J connectivity index is 2.21. The summed E-state index contributed by atoms with van der Waals surface area (Å²) in [6.07, 6.45) is 1.29. The van der Waals surface area contributed by atoms with Gasteiger partial charge in [-0.15, -0.1) is 0 Å². The Labute approximate surface area is 98.4 Å². The minimum Gasteiger partial charge on any atom is -0.399 e. The normalized spacial score (nSPS) is 25.8. The van der Waals surface area contributed by atoms with Gasteiger partial charge < -0.3 is 10.6 Å². The van der Waals surface area contributed by atoms with Crippen molar-refractivity contribution >= 4 is 11.4 Å². The molecule has 1 aliphatic heterocycles. The predicted molar refractivity (Wildman–Crippen MR) is 70.7 cm³/mol. The van der Waals surface area contributed by atoms with Crippen LogP contribution in [0.25, 0.3) is 0 Å². The number of hydrogen-bond acceptors (Lipinski definition) is 2. The van der Waals surface area contributed by atoms with Crippen LogP contribution in [-0.2, 0) is 0 Å². The number of anilines is 2. The second-order valence-electron chi connectivity index (χ2n) is 5.24. The Bertz CT molecular complexity index is 373. The van der Waals surface area contributed by atoms with E-state index in [1.165, 1.54) is 17.7 Å². The summed E-state index contributed by atoms with van der Waals surface area (Å²) in [7, 11) is 0. The highest BCUT2D eigenvalue weighted by Crippen LogP contribution is 2.30. The van der Waals surface area contributed by atoms with Crippen LogP contribution in [-0.4, -0.2) is 13.1 Å². The van der Waals surface area contributed by atoms with Gasteiger partial charge in [0.05, 0.1) is 0 Å². The van der Waals surface area contributed by atoms with E-state index in [-0.39, 0.29) is 0 Å². The summed E-state index contributed by atoms with van der Waals surface area (Å²) in [5.74, 6) is 1.62. The van der Waals surface area contributed by atoms with E-state index in [0.29, 0.717) is 0 Å². The highest BCUT2D eigenvalue weighted by Gasteiger charge is 2.23. The fourth-order valence-corrected chi connectivity index (χ4v) is 2.45. The largest absolute Gasteiger partial charge is 0.399 e. The molecule has 1 saturated heterocycles. The van der Waals surface area contributed by atoms with Gasteiger partial charge >= 0.3 is 0 Å². The van der Waals surface area contributed by atoms with Crippen LogP contribution in [0.1, 0.15) is 25.8 Å². The first-order valence-corrected chi connectivity index (χ1v) is 6.19. The van der Waals surface area contributed by atoms with E-state index in [1.807, 2.05) is 6.07 Å². The first-order chi connectivity index (χ1) is 7.58. The minimum atomic E-state index is 0.773. The fraction of sp³-hybridized carbons (Fsp3) is 0.571. The van der Waals surface area contributed by atoms with Crippen LogP contribution in [0.2, 0.25) is 0 Å². The summed E-state index contributed by atoms with van der Waals surface area (Å²) in [6.45, 7) is 9.19. The summed E-state index contributed by atoms with van der Waals surface area (Å²) >= 11 is 0. The molecule has 2 nitrogen and oxygen atoms in total. The molecule has 1 aromatic carbocycles. The molecule has 0 radical (unpaired) electrons. The summed E-state index contributed by atoms with van der Waals surface area (Å²) in [5, 5.41) is 0. The third-order valence-corrected chi connectivity index (χ3v) is 3.91. The maximum Gasteiger partial charge on any atom is 0.0416 e. The van der Waals surface area contributed by atoms with Crippen LogP contribution < -0.4 is 10.6 Å². The van der Waals surface area contributed by atoms with Gasteiger partial charge in [-0.3, -0.25) is 0 Å². The zero-order valence-electron chi connectivity index (χ0n) is 10.5. The van der Waals surface area contributed by atoms with Crippen molar-refractivity contribution in [3.8, 4) is 0 Å². The Morgan fingerprint density at radius 1 is 1.25 bits per heavy atom. The average molecular weight is 218 g/mol. The number of nitrogens with two attached hydrogens (primary N) is 1. The lowest BCUT2D eigenvalue weighted by Crippen LogP contribution is -2.38. The number of rotatable bonds is 1. The Kier molecular flexibility index (Phi) is 3.08. The molecule has 0 bridgehead atoms. The van der Waals surface area contributed by atoms with Gasteiger partial charge in [-0.05, 0) is 42.9 Å². The quantitative estimate of drug-likeness (QED) is 0.734. The van der Waals surface area contributed by atoms with Crippen LogP contribution >= 0.6 is 0 Å². The number of aryl methyl sites for hydroxylation is 1. The van der Waals surface area contributed by atoms with E-state index in [1.54, 1.807) is 0 Å². The standard InChI is InChI=1S/C14H22N2/c1-10-6-7-16(9-12(10)3)14-8-13(15)5-4-11(14)2/h4-5,8,10,12H,6-7,9,15H2,1-3H3. The van der Waals surface area contributed by atoms with Gasteiger partial charge in [-0.1, -0.05) is 19.9 Å². The van der Waals surface area contributed by atoms with Crippen LogP contribution in [0.15, 0.2) is 18.2 Å². The predicted octanol–water partition coefficient (Wildman–Crippen LogP) is 3.06. The third-order valence-electron chi connectivity index (χ3n) is 3.91. The van der Waals surface area contributed by atoms with Gasteiger partial charge in [0.25, 0.3) is 0 Å². The maximum atomic E-state index is 5.87. The van der Waals surface area contributed by atoms with Crippen molar-refractivity contribution in [1.82, 2.24) is 0 Å². The van der Waals surface area contributed by atoms with E-state index >= 15 is 0 Å². The van der Waals surface area contributed by atoms with Crippen LogP contribution in [0, 0.1) is 18.8 Å². The highest BCUT2D eigenvalue weighted by molar-refractivity contribution is 5.61. The number of benzene rings is 1. The molecule has 1 aliphatic rings. The number of piperidine rings is 1. The van der Waals surface area contributed by atoms with E-state index in [4.69, 9.17) is 5.73 Å². The van der Waals surface area contributed by atoms with E-state index in [2.05, 4.69) is 37.8 Å². The molecule has 1 fully saturated rings. The molecule has 2 heteroatoms. The zero-order valence-corrected chi connectivity index (χ0v) is 10.5. The summed E-state index contributed by atoms with van der Waals surface area (Å²) in [6, 6.07) is 6.21. The van der Waals surface area contributed by atoms with E-state index in [9.17, 15) is 0 Å². The highest BCUT2D eigenvalue weighted by atomic mass is 15.1. The van der Waals surface area contributed by atoms with Gasteiger partial charge in [-0.25, -0.2) is 0 Å². The molecule has 2 rings (SSSR count). The minimum absolute atomic E-state index is 0.773. The summed E-state index contributed by atoms with van der Waals surface area (Å²) in [5.41, 5.74) is 9.38. The lowest BCUT2D eigenvalue weighted by atomic mass is 9.88. The first kappa shape index (κ1) is 11.3. The lowest BCUT2D eigenvalue weighted by molar-refractivity contribution is 0.324. The molecular weight excluding hydrogens is 196 g/mol. The second kappa shape index (κ2) is 4.36. The van der Waals surface area contributed by atoms with E-state index in [0.717, 1.165) is 30.6 Å². The average Bonchev–Trinajstić information content (AvgIpc) is 2.26. The van der Waals surface area contributed by atoms with E-state index < -0.39 is 0 Å². The van der Waals surface area contributed by atoms with Crippen LogP contribution in [0.4, 0.5) is 11.4 Å². The molecule has 0 saturated carbocycles. The van der Waals surface area contributed by atoms with Gasteiger partial charge in [0.15, 0.2) is 0 Å². The maximum absolute atomic E-state index is 5.87. The molecule has 2 N–H and O–H groups in total. The van der Waals surface area contributed by atoms with Gasteiger partial charge in [0, 0.05) is 24.5 Å². The molecule has 2 unspecified atom stereocenters. The molecule has 1 aromatic rings. The van der Waals surface area contributed by atoms with Gasteiger partial charge in [0.1, 0.15) is 0 Å². The van der Waals surface area contributed by atoms with Crippen molar-refractivity contribution in [3.63, 3.8) is 0 Å². The molecule has 0 spiro atoms. The monoisotopic (exact) mass is 218 g/mol. The van der Waals surface area contributed by atoms with Crippen molar-refractivity contribution in [3.05, 3.63) is 23.8 Å². The van der Waals surface area contributed by atoms with Crippen molar-refractivity contribution < 1.29 is 0 Å². The Morgan fingerprint density at radius 3 is 2.69 bits per heavy atom. The van der Waals surface area contributed by atoms with Gasteiger partial charge in [-0.2, -0.15) is 0 Å². The zero-order chi connectivity index (χ0) is 11.7. The second-order valence-corrected chi connectivity index (χ2v) is 5.24. The number of hydrogen-bond donors (Lipinski definition) is 1. The molecule has 1 heterocycles. The summed E-state index contributed by atoms with van der Waals surface area (Å²) in [4.78, 5) is 2.48. The smallest absolute Gasteiger partial charge is 0.0416 e. The first-order valence-electron chi connectivity index (χ1n) is 6.19. The van der Waals surface area contributed by atoms with Crippen molar-refractivity contribution in [1.29, 1.82) is 0 Å². The number of nitrogen functional groups attached to an aromatic ring is 1. The van der Waals surface area contributed by atoms with Crippen LogP contribution in [0.3, 0.4) is 0 Å². The van der Waals surface area contributed by atoms with Crippen molar-refractivity contribution in [2.24, 2.45) is 11.8 Å². The summed E-state index contributed by atoms with van der Waals surface area (Å²) < 4.78 is 0. The molecular formula is C14H22N2. The molecule has 0 aliphatic carbocycles. The van der Waals surface area contributed by atoms with Gasteiger partial charge in [0.2, 0.25) is 0 Å². The molecule has 16 heavy (non-hydrogen) atoms. The lowest BCUT2D eigenvalue weighted by Gasteiger charge is -2.37. The third kappa shape index (κ3) is 2.16. The topological polar surface area (TPSA) is 29.3 Å². The molecule has 2 atom stereocenters. The molecule has 0 amide bonds. The molecule has 0 aromatic heterocycles. The van der Waals surface area contributed by atoms with Crippen molar-refractivity contribution in [2.75, 3.05) is 23.7 Å².